The van der Waals surface area contributed by atoms with E-state index in [1.807, 2.05) is 6.20 Å². The van der Waals surface area contributed by atoms with Crippen LogP contribution in [0.2, 0.25) is 0 Å². The Morgan fingerprint density at radius 2 is 2.07 bits per heavy atom. The molecule has 0 saturated carbocycles. The van der Waals surface area contributed by atoms with Crippen molar-refractivity contribution in [3.8, 4) is 0 Å². The fourth-order valence-electron chi connectivity index (χ4n) is 3.48. The number of halogens is 1. The van der Waals surface area contributed by atoms with Crippen molar-refractivity contribution in [2.75, 3.05) is 45.9 Å². The summed E-state index contributed by atoms with van der Waals surface area (Å²) < 4.78 is 5.51. The molecule has 1 aromatic rings. The molecule has 0 amide bonds. The third-order valence-electron chi connectivity index (χ3n) is 4.96. The van der Waals surface area contributed by atoms with Gasteiger partial charge >= 0.3 is 0 Å². The quantitative estimate of drug-likeness (QED) is 0.197. The van der Waals surface area contributed by atoms with Crippen LogP contribution in [0.3, 0.4) is 0 Å². The monoisotopic (exact) mass is 506 g/mol. The highest BCUT2D eigenvalue weighted by Gasteiger charge is 2.21. The number of hydrogen-bond acceptors (Lipinski definition) is 4. The number of nitrogens with one attached hydrogen (secondary N) is 3. The minimum absolute atomic E-state index is 0. The molecule has 0 aromatic carbocycles. The first-order valence-corrected chi connectivity index (χ1v) is 10.4. The number of H-pyrrole nitrogens is 1. The van der Waals surface area contributed by atoms with E-state index in [1.54, 1.807) is 0 Å². The van der Waals surface area contributed by atoms with Gasteiger partial charge in [-0.1, -0.05) is 13.8 Å². The van der Waals surface area contributed by atoms with Crippen LogP contribution in [0.25, 0.3) is 0 Å². The van der Waals surface area contributed by atoms with Gasteiger partial charge < -0.3 is 15.4 Å². The molecule has 1 aromatic heterocycles. The van der Waals surface area contributed by atoms with Gasteiger partial charge in [-0.2, -0.15) is 5.10 Å². The number of rotatable bonds is 10. The van der Waals surface area contributed by atoms with Crippen molar-refractivity contribution in [2.45, 2.75) is 53.0 Å². The van der Waals surface area contributed by atoms with Crippen LogP contribution in [0.4, 0.5) is 0 Å². The summed E-state index contributed by atoms with van der Waals surface area (Å²) >= 11 is 0. The van der Waals surface area contributed by atoms with Crippen LogP contribution in [-0.2, 0) is 11.2 Å². The topological polar surface area (TPSA) is 77.6 Å². The summed E-state index contributed by atoms with van der Waals surface area (Å²) in [4.78, 5) is 7.43. The number of aryl methyl sites for hydroxylation is 2. The van der Waals surface area contributed by atoms with Gasteiger partial charge in [0.2, 0.25) is 0 Å². The summed E-state index contributed by atoms with van der Waals surface area (Å²) in [5.74, 6) is 1.59. The molecule has 2 rings (SSSR count). The Morgan fingerprint density at radius 3 is 2.68 bits per heavy atom. The SMILES string of the molecule is CCNC(=NCC(CC(C)C)N1CCOCC1)NCCCc1cn[nH]c1C.I. The summed E-state index contributed by atoms with van der Waals surface area (Å²) in [7, 11) is 0. The van der Waals surface area contributed by atoms with Gasteiger partial charge in [0, 0.05) is 37.9 Å². The van der Waals surface area contributed by atoms with Crippen molar-refractivity contribution in [3.05, 3.63) is 17.5 Å². The Hall–Kier alpha value is -0.870. The predicted octanol–water partition coefficient (Wildman–Crippen LogP) is 2.57. The molecule has 28 heavy (non-hydrogen) atoms. The second-order valence-corrected chi connectivity index (χ2v) is 7.70. The van der Waals surface area contributed by atoms with Crippen LogP contribution < -0.4 is 10.6 Å². The molecular weight excluding hydrogens is 467 g/mol. The predicted molar refractivity (Wildman–Crippen MR) is 127 cm³/mol. The van der Waals surface area contributed by atoms with Crippen LogP contribution in [0.1, 0.15) is 44.9 Å². The standard InChI is InChI=1S/C20H38N6O.HI/c1-5-21-20(22-8-6-7-18-14-24-25-17(18)4)23-15-19(13-16(2)3)26-9-11-27-12-10-26;/h14,16,19H,5-13,15H2,1-4H3,(H,24,25)(H2,21,22,23);1H. The summed E-state index contributed by atoms with van der Waals surface area (Å²) in [5.41, 5.74) is 2.46. The first kappa shape index (κ1) is 25.2. The van der Waals surface area contributed by atoms with E-state index in [9.17, 15) is 0 Å². The van der Waals surface area contributed by atoms with E-state index in [-0.39, 0.29) is 24.0 Å². The van der Waals surface area contributed by atoms with E-state index in [0.717, 1.165) is 70.4 Å². The van der Waals surface area contributed by atoms with Crippen LogP contribution in [-0.4, -0.2) is 73.0 Å². The molecule has 1 unspecified atom stereocenters. The lowest BCUT2D eigenvalue weighted by Gasteiger charge is -2.34. The van der Waals surface area contributed by atoms with Crippen LogP contribution >= 0.6 is 24.0 Å². The van der Waals surface area contributed by atoms with Gasteiger partial charge in [0.05, 0.1) is 26.0 Å². The minimum atomic E-state index is 0. The molecular formula is C20H39IN6O. The van der Waals surface area contributed by atoms with E-state index in [0.29, 0.717) is 12.0 Å². The summed E-state index contributed by atoms with van der Waals surface area (Å²) in [6.45, 7) is 15.1. The molecule has 1 saturated heterocycles. The van der Waals surface area contributed by atoms with E-state index in [2.05, 4.69) is 53.4 Å². The van der Waals surface area contributed by atoms with Gasteiger partial charge in [0.15, 0.2) is 5.96 Å². The van der Waals surface area contributed by atoms with Crippen LogP contribution in [0.5, 0.6) is 0 Å². The Balaban J connectivity index is 0.00000392. The lowest BCUT2D eigenvalue weighted by Crippen LogP contribution is -2.46. The first-order valence-electron chi connectivity index (χ1n) is 10.4. The summed E-state index contributed by atoms with van der Waals surface area (Å²) in [6.07, 6.45) is 5.18. The van der Waals surface area contributed by atoms with Crippen molar-refractivity contribution >= 4 is 29.9 Å². The third-order valence-corrected chi connectivity index (χ3v) is 4.96. The second-order valence-electron chi connectivity index (χ2n) is 7.70. The Morgan fingerprint density at radius 1 is 1.32 bits per heavy atom. The van der Waals surface area contributed by atoms with Crippen molar-refractivity contribution in [1.82, 2.24) is 25.7 Å². The summed E-state index contributed by atoms with van der Waals surface area (Å²) in [6, 6.07) is 0.484. The molecule has 0 spiro atoms. The molecule has 1 atom stereocenters. The zero-order valence-corrected chi connectivity index (χ0v) is 20.3. The van der Waals surface area contributed by atoms with Gasteiger partial charge in [-0.25, -0.2) is 0 Å². The van der Waals surface area contributed by atoms with Crippen molar-refractivity contribution in [2.24, 2.45) is 10.9 Å². The van der Waals surface area contributed by atoms with Gasteiger partial charge in [-0.05, 0) is 44.6 Å². The lowest BCUT2D eigenvalue weighted by molar-refractivity contribution is 0.0143. The smallest absolute Gasteiger partial charge is 0.191 e. The number of aliphatic imine (C=N–C) groups is 1. The fraction of sp³-hybridized carbons (Fsp3) is 0.800. The highest BCUT2D eigenvalue weighted by Crippen LogP contribution is 2.14. The largest absolute Gasteiger partial charge is 0.379 e. The number of hydrogen-bond donors (Lipinski definition) is 3. The van der Waals surface area contributed by atoms with Crippen molar-refractivity contribution in [3.63, 3.8) is 0 Å². The maximum atomic E-state index is 5.51. The maximum absolute atomic E-state index is 5.51. The molecule has 1 fully saturated rings. The van der Waals surface area contributed by atoms with E-state index >= 15 is 0 Å². The number of guanidine groups is 1. The van der Waals surface area contributed by atoms with Crippen LogP contribution in [0.15, 0.2) is 11.2 Å². The molecule has 3 N–H and O–H groups in total. The fourth-order valence-corrected chi connectivity index (χ4v) is 3.48. The molecule has 0 bridgehead atoms. The average Bonchev–Trinajstić information content (AvgIpc) is 3.07. The Kier molecular flexibility index (Phi) is 12.7. The highest BCUT2D eigenvalue weighted by molar-refractivity contribution is 14.0. The zero-order valence-electron chi connectivity index (χ0n) is 18.0. The molecule has 2 heterocycles. The lowest BCUT2D eigenvalue weighted by atomic mass is 10.0. The molecule has 0 radical (unpaired) electrons. The maximum Gasteiger partial charge on any atom is 0.191 e. The number of nitrogens with zero attached hydrogens (tertiary/aromatic N) is 3. The Bertz CT molecular complexity index is 557. The highest BCUT2D eigenvalue weighted by atomic mass is 127. The molecule has 0 aliphatic carbocycles. The van der Waals surface area contributed by atoms with E-state index in [4.69, 9.17) is 9.73 Å². The van der Waals surface area contributed by atoms with Gasteiger partial charge in [0.25, 0.3) is 0 Å². The van der Waals surface area contributed by atoms with E-state index < -0.39 is 0 Å². The molecule has 1 aliphatic rings. The molecule has 8 heteroatoms. The van der Waals surface area contributed by atoms with Crippen LogP contribution in [0, 0.1) is 12.8 Å². The van der Waals surface area contributed by atoms with Gasteiger partial charge in [-0.15, -0.1) is 24.0 Å². The Labute approximate surface area is 187 Å². The summed E-state index contributed by atoms with van der Waals surface area (Å²) in [5, 5.41) is 13.9. The zero-order chi connectivity index (χ0) is 19.5. The number of aromatic amines is 1. The van der Waals surface area contributed by atoms with Crippen molar-refractivity contribution in [1.29, 1.82) is 0 Å². The average molecular weight is 506 g/mol. The van der Waals surface area contributed by atoms with Gasteiger partial charge in [-0.3, -0.25) is 15.0 Å². The number of aromatic nitrogens is 2. The number of ether oxygens (including phenoxy) is 1. The van der Waals surface area contributed by atoms with Crippen molar-refractivity contribution < 1.29 is 4.74 Å². The minimum Gasteiger partial charge on any atom is -0.379 e. The molecule has 162 valence electrons. The first-order chi connectivity index (χ1) is 13.1. The molecule has 7 nitrogen and oxygen atoms in total. The number of morpholine rings is 1. The molecule has 1 aliphatic heterocycles. The second kappa shape index (κ2) is 14.2. The third kappa shape index (κ3) is 9.09. The van der Waals surface area contributed by atoms with Gasteiger partial charge in [0.1, 0.15) is 0 Å². The normalized spacial score (nSPS) is 16.7. The van der Waals surface area contributed by atoms with E-state index in [1.165, 1.54) is 12.0 Å².